The minimum Gasteiger partial charge on any atom is -0.490 e. The largest absolute Gasteiger partial charge is 0.490 e. The zero-order valence-corrected chi connectivity index (χ0v) is 8.52. The molecule has 0 fully saturated rings. The quantitative estimate of drug-likeness (QED) is 0.551. The lowest BCUT2D eigenvalue weighted by molar-refractivity contribution is -0.385. The van der Waals surface area contributed by atoms with E-state index >= 15 is 0 Å². The molecule has 1 aliphatic rings. The standard InChI is InChI=1S/C10H11NO4/c1-6-3-7-4-10(14-2)8(11(12)13)5-9(7)15-6/h4-6H,3H2,1-2H3/t6-/m1/s1. The van der Waals surface area contributed by atoms with Crippen LogP contribution in [0.3, 0.4) is 0 Å². The summed E-state index contributed by atoms with van der Waals surface area (Å²) >= 11 is 0. The first-order chi connectivity index (χ1) is 7.11. The molecule has 0 bridgehead atoms. The maximum Gasteiger partial charge on any atom is 0.314 e. The Hall–Kier alpha value is -1.78. The Labute approximate surface area is 86.8 Å². The van der Waals surface area contributed by atoms with Crippen molar-refractivity contribution in [1.82, 2.24) is 0 Å². The summed E-state index contributed by atoms with van der Waals surface area (Å²) in [6.45, 7) is 1.93. The lowest BCUT2D eigenvalue weighted by Crippen LogP contribution is -2.05. The Morgan fingerprint density at radius 1 is 1.60 bits per heavy atom. The smallest absolute Gasteiger partial charge is 0.314 e. The molecule has 0 N–H and O–H groups in total. The number of methoxy groups -OCH3 is 1. The van der Waals surface area contributed by atoms with Crippen LogP contribution in [-0.4, -0.2) is 18.1 Å². The fourth-order valence-corrected chi connectivity index (χ4v) is 1.73. The number of hydrogen-bond donors (Lipinski definition) is 0. The minimum absolute atomic E-state index is 0.0506. The number of hydrogen-bond acceptors (Lipinski definition) is 4. The predicted molar refractivity (Wildman–Crippen MR) is 53.4 cm³/mol. The highest BCUT2D eigenvalue weighted by Gasteiger charge is 2.25. The lowest BCUT2D eigenvalue weighted by Gasteiger charge is -2.04. The first-order valence-electron chi connectivity index (χ1n) is 4.63. The van der Waals surface area contributed by atoms with Gasteiger partial charge in [-0.05, 0) is 13.0 Å². The van der Waals surface area contributed by atoms with Gasteiger partial charge in [-0.15, -0.1) is 0 Å². The molecule has 0 spiro atoms. The zero-order chi connectivity index (χ0) is 11.0. The zero-order valence-electron chi connectivity index (χ0n) is 8.52. The van der Waals surface area contributed by atoms with Crippen LogP contribution in [0.15, 0.2) is 12.1 Å². The third kappa shape index (κ3) is 1.60. The molecule has 0 aliphatic carbocycles. The Bertz CT molecular complexity index is 416. The number of rotatable bonds is 2. The second-order valence-corrected chi connectivity index (χ2v) is 3.52. The minimum atomic E-state index is -0.467. The molecule has 1 heterocycles. The molecule has 1 aliphatic heterocycles. The van der Waals surface area contributed by atoms with Crippen LogP contribution in [0.4, 0.5) is 5.69 Å². The van der Waals surface area contributed by atoms with E-state index in [0.29, 0.717) is 5.75 Å². The number of nitrogens with zero attached hydrogens (tertiary/aromatic N) is 1. The van der Waals surface area contributed by atoms with Gasteiger partial charge in [-0.3, -0.25) is 10.1 Å². The average Bonchev–Trinajstić information content (AvgIpc) is 2.54. The monoisotopic (exact) mass is 209 g/mol. The average molecular weight is 209 g/mol. The van der Waals surface area contributed by atoms with Crippen LogP contribution in [0.25, 0.3) is 0 Å². The van der Waals surface area contributed by atoms with Crippen molar-refractivity contribution in [2.75, 3.05) is 7.11 Å². The third-order valence-corrected chi connectivity index (χ3v) is 2.39. The molecule has 2 rings (SSSR count). The highest BCUT2D eigenvalue weighted by Crippen LogP contribution is 2.38. The number of fused-ring (bicyclic) bond motifs is 1. The van der Waals surface area contributed by atoms with Crippen molar-refractivity contribution in [3.05, 3.63) is 27.8 Å². The fraction of sp³-hybridized carbons (Fsp3) is 0.400. The molecule has 1 aromatic carbocycles. The first kappa shape index (κ1) is 9.76. The molecular weight excluding hydrogens is 198 g/mol. The van der Waals surface area contributed by atoms with Crippen LogP contribution in [0.5, 0.6) is 11.5 Å². The molecule has 5 nitrogen and oxygen atoms in total. The van der Waals surface area contributed by atoms with Crippen molar-refractivity contribution < 1.29 is 14.4 Å². The summed E-state index contributed by atoms with van der Waals surface area (Å²) < 4.78 is 10.4. The summed E-state index contributed by atoms with van der Waals surface area (Å²) in [4.78, 5) is 10.3. The lowest BCUT2D eigenvalue weighted by atomic mass is 10.1. The van der Waals surface area contributed by atoms with E-state index in [-0.39, 0.29) is 17.5 Å². The van der Waals surface area contributed by atoms with E-state index in [1.54, 1.807) is 6.07 Å². The fourth-order valence-electron chi connectivity index (χ4n) is 1.73. The van der Waals surface area contributed by atoms with Crippen LogP contribution in [-0.2, 0) is 6.42 Å². The van der Waals surface area contributed by atoms with Gasteiger partial charge in [-0.1, -0.05) is 0 Å². The maximum atomic E-state index is 10.7. The van der Waals surface area contributed by atoms with Crippen LogP contribution in [0, 0.1) is 10.1 Å². The van der Waals surface area contributed by atoms with E-state index in [9.17, 15) is 10.1 Å². The van der Waals surface area contributed by atoms with E-state index in [1.807, 2.05) is 6.92 Å². The van der Waals surface area contributed by atoms with Gasteiger partial charge in [0.25, 0.3) is 0 Å². The van der Waals surface area contributed by atoms with Crippen molar-refractivity contribution in [2.24, 2.45) is 0 Å². The van der Waals surface area contributed by atoms with Crippen LogP contribution >= 0.6 is 0 Å². The summed E-state index contributed by atoms with van der Waals surface area (Å²) in [6, 6.07) is 3.11. The summed E-state index contributed by atoms with van der Waals surface area (Å²) in [5.41, 5.74) is 0.912. The molecule has 0 saturated heterocycles. The Balaban J connectivity index is 2.50. The Kier molecular flexibility index (Phi) is 2.22. The van der Waals surface area contributed by atoms with Gasteiger partial charge in [-0.2, -0.15) is 0 Å². The van der Waals surface area contributed by atoms with E-state index in [1.165, 1.54) is 13.2 Å². The van der Waals surface area contributed by atoms with E-state index in [4.69, 9.17) is 9.47 Å². The number of benzene rings is 1. The Morgan fingerprint density at radius 3 is 2.93 bits per heavy atom. The molecule has 15 heavy (non-hydrogen) atoms. The van der Waals surface area contributed by atoms with Crippen LogP contribution < -0.4 is 9.47 Å². The number of nitro benzene ring substituents is 1. The highest BCUT2D eigenvalue weighted by atomic mass is 16.6. The molecule has 0 unspecified atom stereocenters. The summed E-state index contributed by atoms with van der Waals surface area (Å²) in [6.07, 6.45) is 0.843. The second-order valence-electron chi connectivity index (χ2n) is 3.52. The van der Waals surface area contributed by atoms with Crippen LogP contribution in [0.2, 0.25) is 0 Å². The molecule has 1 atom stereocenters. The van der Waals surface area contributed by atoms with Gasteiger partial charge in [0.05, 0.1) is 18.1 Å². The van der Waals surface area contributed by atoms with Crippen LogP contribution in [0.1, 0.15) is 12.5 Å². The molecule has 80 valence electrons. The van der Waals surface area contributed by atoms with Gasteiger partial charge in [-0.25, -0.2) is 0 Å². The van der Waals surface area contributed by atoms with Crippen molar-refractivity contribution in [2.45, 2.75) is 19.4 Å². The molecule has 1 aromatic rings. The van der Waals surface area contributed by atoms with Crippen molar-refractivity contribution in [1.29, 1.82) is 0 Å². The van der Waals surface area contributed by atoms with Gasteiger partial charge in [0.2, 0.25) is 0 Å². The van der Waals surface area contributed by atoms with Gasteiger partial charge in [0.1, 0.15) is 11.9 Å². The van der Waals surface area contributed by atoms with Gasteiger partial charge in [0.15, 0.2) is 5.75 Å². The number of nitro groups is 1. The Morgan fingerprint density at radius 2 is 2.33 bits per heavy atom. The van der Waals surface area contributed by atoms with Crippen molar-refractivity contribution in [3.63, 3.8) is 0 Å². The van der Waals surface area contributed by atoms with Gasteiger partial charge < -0.3 is 9.47 Å². The topological polar surface area (TPSA) is 61.6 Å². The normalized spacial score (nSPS) is 18.1. The van der Waals surface area contributed by atoms with Crippen molar-refractivity contribution >= 4 is 5.69 Å². The summed E-state index contributed by atoms with van der Waals surface area (Å²) in [5.74, 6) is 0.881. The molecule has 0 saturated carbocycles. The van der Waals surface area contributed by atoms with Crippen molar-refractivity contribution in [3.8, 4) is 11.5 Å². The number of ether oxygens (including phenoxy) is 2. The molecule has 5 heteroatoms. The SMILES string of the molecule is COc1cc2c(cc1[N+](=O)[O-])O[C@H](C)C2. The molecule has 0 radical (unpaired) electrons. The first-order valence-corrected chi connectivity index (χ1v) is 4.63. The summed E-state index contributed by atoms with van der Waals surface area (Å²) in [5, 5.41) is 10.7. The van der Waals surface area contributed by atoms with Gasteiger partial charge >= 0.3 is 5.69 Å². The maximum absolute atomic E-state index is 10.7. The molecule has 0 amide bonds. The second kappa shape index (κ2) is 3.42. The molecular formula is C10H11NO4. The van der Waals surface area contributed by atoms with E-state index in [0.717, 1.165) is 12.0 Å². The van der Waals surface area contributed by atoms with Gasteiger partial charge in [0, 0.05) is 12.0 Å². The van der Waals surface area contributed by atoms with E-state index < -0.39 is 4.92 Å². The third-order valence-electron chi connectivity index (χ3n) is 2.39. The van der Waals surface area contributed by atoms with E-state index in [2.05, 4.69) is 0 Å². The summed E-state index contributed by atoms with van der Waals surface area (Å²) in [7, 11) is 1.42. The highest BCUT2D eigenvalue weighted by molar-refractivity contribution is 5.56. The molecule has 0 aromatic heterocycles. The predicted octanol–water partition coefficient (Wildman–Crippen LogP) is 1.93.